The van der Waals surface area contributed by atoms with Crippen LogP contribution in [0.4, 0.5) is 5.95 Å². The highest BCUT2D eigenvalue weighted by atomic mass is 16.1. The topological polar surface area (TPSA) is 70.7 Å². The minimum absolute atomic E-state index is 0.267. The average molecular weight is 318 g/mol. The van der Waals surface area contributed by atoms with E-state index in [-0.39, 0.29) is 5.91 Å². The molecule has 1 amide bonds. The van der Waals surface area contributed by atoms with Crippen LogP contribution in [-0.2, 0) is 6.54 Å². The number of imidazole rings is 1. The van der Waals surface area contributed by atoms with Gasteiger partial charge in [0.05, 0.1) is 22.7 Å². The summed E-state index contributed by atoms with van der Waals surface area (Å²) in [7, 11) is 0. The van der Waals surface area contributed by atoms with Gasteiger partial charge in [-0.2, -0.15) is 5.26 Å². The lowest BCUT2D eigenvalue weighted by atomic mass is 10.1. The van der Waals surface area contributed by atoms with Gasteiger partial charge in [-0.25, -0.2) is 4.98 Å². The zero-order chi connectivity index (χ0) is 17.1. The number of fused-ring (bicyclic) bond motifs is 1. The van der Waals surface area contributed by atoms with Gasteiger partial charge < -0.3 is 4.57 Å². The lowest BCUT2D eigenvalue weighted by Gasteiger charge is -2.09. The Kier molecular flexibility index (Phi) is 4.30. The van der Waals surface area contributed by atoms with Crippen molar-refractivity contribution in [2.75, 3.05) is 5.32 Å². The molecule has 0 atom stereocenters. The van der Waals surface area contributed by atoms with Crippen LogP contribution >= 0.6 is 0 Å². The number of nitriles is 1. The highest BCUT2D eigenvalue weighted by Crippen LogP contribution is 2.22. The third-order valence-electron chi connectivity index (χ3n) is 3.83. The van der Waals surface area contributed by atoms with Crippen LogP contribution in [0.15, 0.2) is 42.5 Å². The van der Waals surface area contributed by atoms with E-state index in [4.69, 9.17) is 5.26 Å². The number of hydrogen-bond acceptors (Lipinski definition) is 3. The molecule has 0 spiro atoms. The fraction of sp³-hybridized carbons (Fsp3) is 0.211. The number of carbonyl (C=O) groups is 1. The number of nitrogens with zero attached hydrogens (tertiary/aromatic N) is 3. The van der Waals surface area contributed by atoms with Crippen LogP contribution in [0.5, 0.6) is 0 Å². The molecule has 0 fully saturated rings. The highest BCUT2D eigenvalue weighted by Gasteiger charge is 2.14. The Morgan fingerprint density at radius 3 is 2.88 bits per heavy atom. The van der Waals surface area contributed by atoms with E-state index in [0.29, 0.717) is 17.1 Å². The van der Waals surface area contributed by atoms with Crippen LogP contribution < -0.4 is 5.32 Å². The van der Waals surface area contributed by atoms with Crippen LogP contribution in [0, 0.1) is 18.3 Å². The standard InChI is InChI=1S/C19H18N4O/c1-3-9-23-17-8-7-13(2)10-16(17)21-19(23)22-18(24)15-6-4-5-14(11-15)12-20/h4-8,10-11H,3,9H2,1-2H3,(H,21,22,24). The predicted molar refractivity (Wildman–Crippen MR) is 93.9 cm³/mol. The molecule has 24 heavy (non-hydrogen) atoms. The van der Waals surface area contributed by atoms with Gasteiger partial charge in [-0.1, -0.05) is 19.1 Å². The van der Waals surface area contributed by atoms with E-state index in [1.165, 1.54) is 0 Å². The molecule has 0 bridgehead atoms. The third kappa shape index (κ3) is 2.99. The molecule has 0 saturated carbocycles. The molecule has 5 nitrogen and oxygen atoms in total. The highest BCUT2D eigenvalue weighted by molar-refractivity contribution is 6.04. The summed E-state index contributed by atoms with van der Waals surface area (Å²) in [6, 6.07) is 14.8. The number of rotatable bonds is 4. The maximum Gasteiger partial charge on any atom is 0.258 e. The van der Waals surface area contributed by atoms with Crippen molar-refractivity contribution < 1.29 is 4.79 Å². The average Bonchev–Trinajstić information content (AvgIpc) is 2.91. The fourth-order valence-corrected chi connectivity index (χ4v) is 2.69. The van der Waals surface area contributed by atoms with Crippen LogP contribution in [0.25, 0.3) is 11.0 Å². The second kappa shape index (κ2) is 6.55. The number of anilines is 1. The number of benzene rings is 2. The fourth-order valence-electron chi connectivity index (χ4n) is 2.69. The molecular weight excluding hydrogens is 300 g/mol. The molecule has 120 valence electrons. The second-order valence-corrected chi connectivity index (χ2v) is 5.73. The molecule has 1 heterocycles. The van der Waals surface area contributed by atoms with E-state index in [1.807, 2.05) is 35.8 Å². The third-order valence-corrected chi connectivity index (χ3v) is 3.83. The molecule has 3 aromatic rings. The second-order valence-electron chi connectivity index (χ2n) is 5.73. The first-order chi connectivity index (χ1) is 11.6. The van der Waals surface area contributed by atoms with Crippen molar-refractivity contribution in [3.05, 3.63) is 59.2 Å². The maximum absolute atomic E-state index is 12.5. The minimum Gasteiger partial charge on any atom is -0.310 e. The molecule has 2 aromatic carbocycles. The number of nitrogens with one attached hydrogen (secondary N) is 1. The first kappa shape index (κ1) is 15.8. The lowest BCUT2D eigenvalue weighted by Crippen LogP contribution is -2.16. The van der Waals surface area contributed by atoms with E-state index in [2.05, 4.69) is 17.2 Å². The van der Waals surface area contributed by atoms with E-state index >= 15 is 0 Å². The zero-order valence-electron chi connectivity index (χ0n) is 13.7. The monoisotopic (exact) mass is 318 g/mol. The molecule has 0 unspecified atom stereocenters. The van der Waals surface area contributed by atoms with Crippen molar-refractivity contribution in [2.45, 2.75) is 26.8 Å². The van der Waals surface area contributed by atoms with Gasteiger partial charge in [0.1, 0.15) is 0 Å². The molecule has 3 rings (SSSR count). The van der Waals surface area contributed by atoms with Gasteiger partial charge in [0.25, 0.3) is 5.91 Å². The number of aryl methyl sites for hydroxylation is 2. The Balaban J connectivity index is 1.98. The molecule has 0 radical (unpaired) electrons. The Morgan fingerprint density at radius 1 is 1.29 bits per heavy atom. The number of carbonyl (C=O) groups excluding carboxylic acids is 1. The molecule has 1 N–H and O–H groups in total. The summed E-state index contributed by atoms with van der Waals surface area (Å²) in [6.45, 7) is 4.87. The molecular formula is C19H18N4O. The van der Waals surface area contributed by atoms with Gasteiger partial charge in [0.15, 0.2) is 0 Å². The van der Waals surface area contributed by atoms with Crippen molar-refractivity contribution in [3.63, 3.8) is 0 Å². The molecule has 1 aromatic heterocycles. The van der Waals surface area contributed by atoms with E-state index < -0.39 is 0 Å². The van der Waals surface area contributed by atoms with Crippen molar-refractivity contribution >= 4 is 22.9 Å². The van der Waals surface area contributed by atoms with Gasteiger partial charge in [-0.05, 0) is 49.2 Å². The molecule has 0 aliphatic heterocycles. The molecule has 0 aliphatic carbocycles. The van der Waals surface area contributed by atoms with E-state index in [1.54, 1.807) is 24.3 Å². The number of amides is 1. The Bertz CT molecular complexity index is 950. The molecule has 0 aliphatic rings. The first-order valence-electron chi connectivity index (χ1n) is 7.90. The summed E-state index contributed by atoms with van der Waals surface area (Å²) in [5, 5.41) is 11.8. The van der Waals surface area contributed by atoms with Gasteiger partial charge in [0, 0.05) is 12.1 Å². The number of aromatic nitrogens is 2. The quantitative estimate of drug-likeness (QED) is 0.793. The lowest BCUT2D eigenvalue weighted by molar-refractivity contribution is 0.102. The maximum atomic E-state index is 12.5. The normalized spacial score (nSPS) is 10.5. The van der Waals surface area contributed by atoms with Crippen molar-refractivity contribution in [3.8, 4) is 6.07 Å². The van der Waals surface area contributed by atoms with Gasteiger partial charge in [-0.3, -0.25) is 10.1 Å². The molecule has 0 saturated heterocycles. The van der Waals surface area contributed by atoms with Crippen molar-refractivity contribution in [1.82, 2.24) is 9.55 Å². The van der Waals surface area contributed by atoms with Crippen LogP contribution in [0.1, 0.15) is 34.8 Å². The van der Waals surface area contributed by atoms with Crippen LogP contribution in [-0.4, -0.2) is 15.5 Å². The summed E-state index contributed by atoms with van der Waals surface area (Å²) in [4.78, 5) is 17.1. The summed E-state index contributed by atoms with van der Waals surface area (Å²) in [5.74, 6) is 0.265. The van der Waals surface area contributed by atoms with Crippen molar-refractivity contribution in [1.29, 1.82) is 5.26 Å². The molecule has 5 heteroatoms. The number of hydrogen-bond donors (Lipinski definition) is 1. The Labute approximate surface area is 140 Å². The van der Waals surface area contributed by atoms with Gasteiger partial charge in [0.2, 0.25) is 5.95 Å². The van der Waals surface area contributed by atoms with E-state index in [9.17, 15) is 4.79 Å². The van der Waals surface area contributed by atoms with E-state index in [0.717, 1.165) is 29.6 Å². The summed E-state index contributed by atoms with van der Waals surface area (Å²) >= 11 is 0. The van der Waals surface area contributed by atoms with Gasteiger partial charge in [-0.15, -0.1) is 0 Å². The predicted octanol–water partition coefficient (Wildman–Crippen LogP) is 3.88. The van der Waals surface area contributed by atoms with Gasteiger partial charge >= 0.3 is 0 Å². The van der Waals surface area contributed by atoms with Crippen molar-refractivity contribution in [2.24, 2.45) is 0 Å². The largest absolute Gasteiger partial charge is 0.310 e. The summed E-state index contributed by atoms with van der Waals surface area (Å²) in [6.07, 6.45) is 0.937. The first-order valence-corrected chi connectivity index (χ1v) is 7.90. The zero-order valence-corrected chi connectivity index (χ0v) is 13.7. The minimum atomic E-state index is -0.267. The summed E-state index contributed by atoms with van der Waals surface area (Å²) in [5.41, 5.74) is 3.90. The van der Waals surface area contributed by atoms with Crippen LogP contribution in [0.3, 0.4) is 0 Å². The Hall–Kier alpha value is -3.13. The summed E-state index contributed by atoms with van der Waals surface area (Å²) < 4.78 is 2.01. The Morgan fingerprint density at radius 2 is 2.12 bits per heavy atom. The smallest absolute Gasteiger partial charge is 0.258 e. The van der Waals surface area contributed by atoms with Crippen LogP contribution in [0.2, 0.25) is 0 Å². The SMILES string of the molecule is CCCn1c(NC(=O)c2cccc(C#N)c2)nc2cc(C)ccc21.